The third-order valence-electron chi connectivity index (χ3n) is 1.53. The van der Waals surface area contributed by atoms with Crippen LogP contribution in [0.15, 0.2) is 12.3 Å². The van der Waals surface area contributed by atoms with Crippen molar-refractivity contribution >= 4 is 12.2 Å². The van der Waals surface area contributed by atoms with Gasteiger partial charge < -0.3 is 4.98 Å². The van der Waals surface area contributed by atoms with E-state index in [2.05, 4.69) is 37.0 Å². The van der Waals surface area contributed by atoms with E-state index in [1.165, 1.54) is 10.6 Å². The molecule has 0 aromatic carbocycles. The van der Waals surface area contributed by atoms with Crippen molar-refractivity contribution in [3.63, 3.8) is 0 Å². The molecule has 0 saturated carbocycles. The second-order valence-electron chi connectivity index (χ2n) is 2.25. The first kappa shape index (κ1) is 7.13. The number of rotatable bonds is 1. The highest BCUT2D eigenvalue weighted by Crippen LogP contribution is 1.72. The predicted octanol–water partition coefficient (Wildman–Crippen LogP) is 1.01. The van der Waals surface area contributed by atoms with Gasteiger partial charge in [0, 0.05) is 11.5 Å². The van der Waals surface area contributed by atoms with Crippen LogP contribution < -0.4 is 10.6 Å². The smallest absolute Gasteiger partial charge is 0.0409 e. The molecule has 1 rings (SSSR count). The molecule has 54 valence electrons. The van der Waals surface area contributed by atoms with E-state index in [0.717, 1.165) is 6.42 Å². The summed E-state index contributed by atoms with van der Waals surface area (Å²) in [6.45, 7) is 4.19. The molecule has 10 heavy (non-hydrogen) atoms. The summed E-state index contributed by atoms with van der Waals surface area (Å²) in [6.07, 6.45) is 7.35. The Morgan fingerprint density at radius 3 is 3.00 bits per heavy atom. The molecule has 1 N–H and O–H groups in total. The largest absolute Gasteiger partial charge is 0.361 e. The lowest BCUT2D eigenvalue weighted by Crippen LogP contribution is -2.21. The van der Waals surface area contributed by atoms with Gasteiger partial charge >= 0.3 is 0 Å². The van der Waals surface area contributed by atoms with Gasteiger partial charge in [-0.25, -0.2) is 0 Å². The van der Waals surface area contributed by atoms with Crippen molar-refractivity contribution in [3.8, 4) is 0 Å². The van der Waals surface area contributed by atoms with E-state index in [1.807, 2.05) is 6.20 Å². The zero-order valence-electron chi connectivity index (χ0n) is 6.52. The second kappa shape index (κ2) is 3.25. The lowest BCUT2D eigenvalue weighted by Gasteiger charge is -1.77. The molecule has 1 aromatic rings. The topological polar surface area (TPSA) is 15.8 Å². The van der Waals surface area contributed by atoms with Gasteiger partial charge in [0.25, 0.3) is 0 Å². The van der Waals surface area contributed by atoms with E-state index >= 15 is 0 Å². The molecule has 0 aliphatic carbocycles. The van der Waals surface area contributed by atoms with Crippen molar-refractivity contribution in [1.29, 1.82) is 0 Å². The molecule has 1 nitrogen and oxygen atoms in total. The van der Waals surface area contributed by atoms with Gasteiger partial charge in [0.1, 0.15) is 0 Å². The number of hydrogen-bond donors (Lipinski definition) is 1. The van der Waals surface area contributed by atoms with Gasteiger partial charge in [-0.15, -0.1) is 0 Å². The van der Waals surface area contributed by atoms with Crippen LogP contribution in [0.3, 0.4) is 0 Å². The normalized spacial score (nSPS) is 14.6. The number of nitrogens with one attached hydrogen (secondary N) is 1. The number of aromatic nitrogens is 1. The summed E-state index contributed by atoms with van der Waals surface area (Å²) < 4.78 is 0. The Kier molecular flexibility index (Phi) is 2.32. The number of hydrogen-bond acceptors (Lipinski definition) is 0. The van der Waals surface area contributed by atoms with Crippen molar-refractivity contribution in [3.05, 3.63) is 22.8 Å². The number of aromatic amines is 1. The maximum absolute atomic E-state index is 3.17. The summed E-state index contributed by atoms with van der Waals surface area (Å²) in [5.74, 6) is 0. The summed E-state index contributed by atoms with van der Waals surface area (Å²) in [5, 5.41) is 2.53. The molecular weight excluding hydrogens is 122 g/mol. The van der Waals surface area contributed by atoms with E-state index in [4.69, 9.17) is 0 Å². The van der Waals surface area contributed by atoms with Crippen LogP contribution in [0.25, 0.3) is 12.2 Å². The maximum atomic E-state index is 3.17. The first-order valence-corrected chi connectivity index (χ1v) is 3.68. The van der Waals surface area contributed by atoms with E-state index in [9.17, 15) is 0 Å². The molecule has 0 spiro atoms. The van der Waals surface area contributed by atoms with Crippen LogP contribution >= 0.6 is 0 Å². The monoisotopic (exact) mass is 135 g/mol. The lowest BCUT2D eigenvalue weighted by molar-refractivity contribution is 1.23. The van der Waals surface area contributed by atoms with E-state index in [1.54, 1.807) is 0 Å². The molecule has 0 saturated heterocycles. The van der Waals surface area contributed by atoms with Crippen LogP contribution in [0.5, 0.6) is 0 Å². The van der Waals surface area contributed by atoms with Gasteiger partial charge in [0.2, 0.25) is 0 Å². The van der Waals surface area contributed by atoms with Crippen molar-refractivity contribution in [1.82, 2.24) is 4.98 Å². The van der Waals surface area contributed by atoms with Crippen molar-refractivity contribution in [2.24, 2.45) is 0 Å². The summed E-state index contributed by atoms with van der Waals surface area (Å²) >= 11 is 0. The van der Waals surface area contributed by atoms with Crippen LogP contribution in [0.1, 0.15) is 20.3 Å². The van der Waals surface area contributed by atoms with E-state index in [0.29, 0.717) is 0 Å². The van der Waals surface area contributed by atoms with E-state index in [-0.39, 0.29) is 0 Å². The van der Waals surface area contributed by atoms with Crippen LogP contribution in [0.2, 0.25) is 0 Å². The second-order valence-corrected chi connectivity index (χ2v) is 2.25. The highest BCUT2D eigenvalue weighted by molar-refractivity contribution is 5.26. The Bertz CT molecular complexity index is 293. The van der Waals surface area contributed by atoms with Crippen molar-refractivity contribution in [2.45, 2.75) is 20.3 Å². The minimum Gasteiger partial charge on any atom is -0.361 e. The molecule has 0 aliphatic heterocycles. The number of H-pyrrole nitrogens is 1. The molecule has 1 heterocycles. The van der Waals surface area contributed by atoms with Gasteiger partial charge in [-0.3, -0.25) is 0 Å². The molecule has 0 fully saturated rings. The standard InChI is InChI=1S/C9H13N/c1-3-5-9-8(4-2)6-7-10-9/h4-7,10H,3H2,1-2H3/b8-4-,9-5+. The lowest BCUT2D eigenvalue weighted by atomic mass is 10.3. The third-order valence-corrected chi connectivity index (χ3v) is 1.53. The fourth-order valence-electron chi connectivity index (χ4n) is 1.03. The zero-order chi connectivity index (χ0) is 7.40. The molecule has 1 aromatic heterocycles. The Hall–Kier alpha value is -0.980. The quantitative estimate of drug-likeness (QED) is 0.591. The molecule has 0 radical (unpaired) electrons. The molecule has 0 unspecified atom stereocenters. The fraction of sp³-hybridized carbons (Fsp3) is 0.333. The first-order chi connectivity index (χ1) is 4.88. The Morgan fingerprint density at radius 2 is 2.40 bits per heavy atom. The van der Waals surface area contributed by atoms with E-state index < -0.39 is 0 Å². The van der Waals surface area contributed by atoms with Gasteiger partial charge in [-0.1, -0.05) is 19.1 Å². The van der Waals surface area contributed by atoms with Crippen LogP contribution in [0, 0.1) is 0 Å². The maximum Gasteiger partial charge on any atom is 0.0409 e. The minimum atomic E-state index is 1.08. The zero-order valence-corrected chi connectivity index (χ0v) is 6.52. The summed E-state index contributed by atoms with van der Waals surface area (Å²) in [5.41, 5.74) is 0. The van der Waals surface area contributed by atoms with Crippen LogP contribution in [-0.2, 0) is 0 Å². The Balaban J connectivity index is 3.28. The molecule has 0 aliphatic rings. The van der Waals surface area contributed by atoms with Gasteiger partial charge in [0.05, 0.1) is 0 Å². The SMILES string of the molecule is C/C=c1/cc[nH]/c1=C/CC. The molecule has 0 bridgehead atoms. The Morgan fingerprint density at radius 1 is 1.60 bits per heavy atom. The molecule has 0 amide bonds. The van der Waals surface area contributed by atoms with Crippen LogP contribution in [0.4, 0.5) is 0 Å². The third kappa shape index (κ3) is 1.29. The van der Waals surface area contributed by atoms with Gasteiger partial charge in [-0.2, -0.15) is 0 Å². The average Bonchev–Trinajstić information content (AvgIpc) is 2.36. The average molecular weight is 135 g/mol. The highest BCUT2D eigenvalue weighted by Gasteiger charge is 1.80. The minimum absolute atomic E-state index is 1.08. The molecule has 1 heteroatoms. The Labute approximate surface area is 61.1 Å². The predicted molar refractivity (Wildman–Crippen MR) is 44.9 cm³/mol. The van der Waals surface area contributed by atoms with Gasteiger partial charge in [0.15, 0.2) is 0 Å². The molecular formula is C9H13N. The van der Waals surface area contributed by atoms with Crippen molar-refractivity contribution in [2.75, 3.05) is 0 Å². The highest BCUT2D eigenvalue weighted by atomic mass is 14.6. The summed E-state index contributed by atoms with van der Waals surface area (Å²) in [7, 11) is 0. The first-order valence-electron chi connectivity index (χ1n) is 3.68. The summed E-state index contributed by atoms with van der Waals surface area (Å²) in [4.78, 5) is 3.17. The fourth-order valence-corrected chi connectivity index (χ4v) is 1.03. The van der Waals surface area contributed by atoms with Gasteiger partial charge in [-0.05, 0) is 24.6 Å². The molecule has 0 atom stereocenters. The summed E-state index contributed by atoms with van der Waals surface area (Å²) in [6, 6.07) is 2.08. The van der Waals surface area contributed by atoms with Crippen molar-refractivity contribution < 1.29 is 0 Å². The van der Waals surface area contributed by atoms with Crippen LogP contribution in [-0.4, -0.2) is 4.98 Å².